The number of oxime groups is 1. The lowest BCUT2D eigenvalue weighted by Crippen LogP contribution is -2.56. The summed E-state index contributed by atoms with van der Waals surface area (Å²) in [4.78, 5) is 32.3. The van der Waals surface area contributed by atoms with E-state index in [0.717, 1.165) is 5.56 Å². The Balaban J connectivity index is 1.79. The molecule has 1 aromatic carbocycles. The molecule has 0 aliphatic carbocycles. The lowest BCUT2D eigenvalue weighted by Gasteiger charge is -2.29. The Hall–Kier alpha value is -2.60. The first-order valence-electron chi connectivity index (χ1n) is 12.5. The zero-order chi connectivity index (χ0) is 28.2. The maximum absolute atomic E-state index is 13.5. The van der Waals surface area contributed by atoms with Crippen molar-refractivity contribution in [3.8, 4) is 0 Å². The topological polar surface area (TPSA) is 138 Å². The molecule has 0 saturated carbocycles. The summed E-state index contributed by atoms with van der Waals surface area (Å²) in [5.41, 5.74) is 0.495. The normalized spacial score (nSPS) is 17.8. The van der Waals surface area contributed by atoms with Gasteiger partial charge >= 0.3 is 7.12 Å². The second-order valence-corrected chi connectivity index (χ2v) is 11.1. The second kappa shape index (κ2) is 12.5. The molecule has 2 heterocycles. The molecule has 2 aromatic rings. The molecule has 1 aliphatic heterocycles. The van der Waals surface area contributed by atoms with E-state index in [-0.39, 0.29) is 42.1 Å². The number of aryl methyl sites for hydroxylation is 1. The first-order valence-corrected chi connectivity index (χ1v) is 13.3. The van der Waals surface area contributed by atoms with Crippen molar-refractivity contribution in [3.63, 3.8) is 0 Å². The van der Waals surface area contributed by atoms with Crippen LogP contribution in [0.2, 0.25) is 10.0 Å². The lowest BCUT2D eigenvalue weighted by molar-refractivity contribution is -0.144. The predicted octanol–water partition coefficient (Wildman–Crippen LogP) is 3.11. The molecule has 3 rings (SSSR count). The fourth-order valence-electron chi connectivity index (χ4n) is 4.35. The summed E-state index contributed by atoms with van der Waals surface area (Å²) in [5.74, 6) is -1.76. The van der Waals surface area contributed by atoms with E-state index in [1.54, 1.807) is 29.8 Å². The van der Waals surface area contributed by atoms with Crippen LogP contribution < -0.4 is 10.6 Å². The lowest BCUT2D eigenvalue weighted by atomic mass is 9.74. The first-order chi connectivity index (χ1) is 17.8. The Bertz CT molecular complexity index is 1200. The Morgan fingerprint density at radius 1 is 1.24 bits per heavy atom. The van der Waals surface area contributed by atoms with E-state index < -0.39 is 30.5 Å². The van der Waals surface area contributed by atoms with Gasteiger partial charge in [-0.25, -0.2) is 0 Å². The van der Waals surface area contributed by atoms with Crippen LogP contribution in [0.1, 0.15) is 68.3 Å². The van der Waals surface area contributed by atoms with Gasteiger partial charge in [0.1, 0.15) is 5.69 Å². The van der Waals surface area contributed by atoms with Crippen molar-refractivity contribution in [2.45, 2.75) is 71.5 Å². The predicted molar refractivity (Wildman–Crippen MR) is 147 cm³/mol. The van der Waals surface area contributed by atoms with E-state index in [9.17, 15) is 19.6 Å². The smallest absolute Gasteiger partial charge is 0.426 e. The Morgan fingerprint density at radius 3 is 2.55 bits per heavy atom. The molecular weight excluding hydrogens is 532 g/mol. The van der Waals surface area contributed by atoms with Crippen LogP contribution in [0.15, 0.2) is 29.4 Å². The van der Waals surface area contributed by atoms with Crippen LogP contribution in [-0.4, -0.2) is 62.6 Å². The molecule has 206 valence electrons. The summed E-state index contributed by atoms with van der Waals surface area (Å²) in [5, 5.41) is 34.4. The number of hydrogen-bond acceptors (Lipinski definition) is 7. The van der Waals surface area contributed by atoms with E-state index in [1.807, 2.05) is 33.8 Å². The molecule has 0 radical (unpaired) electrons. The van der Waals surface area contributed by atoms with Gasteiger partial charge in [-0.1, -0.05) is 54.3 Å². The van der Waals surface area contributed by atoms with Crippen molar-refractivity contribution < 1.29 is 24.5 Å². The Kier molecular flexibility index (Phi) is 9.86. The number of nitrogens with zero attached hydrogens (tertiary/aromatic N) is 3. The molecule has 1 aliphatic rings. The van der Waals surface area contributed by atoms with Crippen molar-refractivity contribution in [1.29, 1.82) is 0 Å². The molecule has 0 fully saturated rings. The van der Waals surface area contributed by atoms with Gasteiger partial charge in [-0.05, 0) is 50.8 Å². The molecule has 10 nitrogen and oxygen atoms in total. The molecule has 0 spiro atoms. The third-order valence-corrected chi connectivity index (χ3v) is 6.89. The van der Waals surface area contributed by atoms with Gasteiger partial charge < -0.3 is 25.5 Å². The third-order valence-electron chi connectivity index (χ3n) is 6.20. The number of carbonyl (C=O) groups excluding carboxylic acids is 2. The van der Waals surface area contributed by atoms with Gasteiger partial charge in [0, 0.05) is 23.9 Å². The average Bonchev–Trinajstić information content (AvgIpc) is 3.38. The van der Waals surface area contributed by atoms with Crippen molar-refractivity contribution >= 4 is 47.8 Å². The van der Waals surface area contributed by atoms with Crippen LogP contribution in [0.25, 0.3) is 0 Å². The minimum atomic E-state index is -1.75. The Labute approximate surface area is 232 Å². The van der Waals surface area contributed by atoms with Crippen LogP contribution in [0, 0.1) is 12.8 Å². The van der Waals surface area contributed by atoms with E-state index in [2.05, 4.69) is 20.9 Å². The summed E-state index contributed by atoms with van der Waals surface area (Å²) in [7, 11) is -1.75. The molecule has 2 amide bonds. The molecule has 0 saturated heterocycles. The van der Waals surface area contributed by atoms with Gasteiger partial charge in [-0.3, -0.25) is 14.3 Å². The Morgan fingerprint density at radius 2 is 1.95 bits per heavy atom. The van der Waals surface area contributed by atoms with Gasteiger partial charge in [-0.2, -0.15) is 5.10 Å². The molecule has 13 heteroatoms. The maximum atomic E-state index is 13.5. The third kappa shape index (κ3) is 7.08. The number of nitrogens with one attached hydrogen (secondary N) is 2. The fourth-order valence-corrected chi connectivity index (χ4v) is 4.77. The summed E-state index contributed by atoms with van der Waals surface area (Å²) < 4.78 is 1.56. The molecule has 1 aromatic heterocycles. The van der Waals surface area contributed by atoms with Crippen LogP contribution in [-0.2, 0) is 16.1 Å². The van der Waals surface area contributed by atoms with Crippen molar-refractivity contribution in [2.24, 2.45) is 11.1 Å². The van der Waals surface area contributed by atoms with Crippen LogP contribution in [0.3, 0.4) is 0 Å². The molecule has 4 N–H and O–H groups in total. The summed E-state index contributed by atoms with van der Waals surface area (Å²) in [6, 6.07) is 6.95. The molecule has 0 bridgehead atoms. The highest BCUT2D eigenvalue weighted by Gasteiger charge is 2.48. The number of amides is 2. The summed E-state index contributed by atoms with van der Waals surface area (Å²) >= 11 is 12.5. The highest BCUT2D eigenvalue weighted by molar-refractivity contribution is 6.43. The van der Waals surface area contributed by atoms with Crippen LogP contribution in [0.4, 0.5) is 0 Å². The quantitative estimate of drug-likeness (QED) is 0.309. The number of rotatable bonds is 11. The van der Waals surface area contributed by atoms with Crippen LogP contribution >= 0.6 is 23.2 Å². The van der Waals surface area contributed by atoms with E-state index in [4.69, 9.17) is 28.0 Å². The zero-order valence-corrected chi connectivity index (χ0v) is 23.7. The standard InChI is InChI=1S/C25H34BCl2N5O5/c1-14(2)9-20(26(36)37)30-24(35)25(11-17-7-6-8-18(27)10-17)12-19(32-38-25)13-29-23(34)22-21(28)16(5)31-33(22)15(3)4/h6-8,10,14-15,20,36-37H,9,11-13H2,1-5H3,(H,29,34)(H,30,35). The van der Waals surface area contributed by atoms with Gasteiger partial charge in [0.2, 0.25) is 5.60 Å². The number of hydrogen-bond donors (Lipinski definition) is 4. The van der Waals surface area contributed by atoms with Crippen molar-refractivity contribution in [1.82, 2.24) is 20.4 Å². The highest BCUT2D eigenvalue weighted by atomic mass is 35.5. The molecule has 2 unspecified atom stereocenters. The highest BCUT2D eigenvalue weighted by Crippen LogP contribution is 2.30. The van der Waals surface area contributed by atoms with Gasteiger partial charge in [-0.15, -0.1) is 0 Å². The first kappa shape index (κ1) is 30.0. The number of aromatic nitrogens is 2. The van der Waals surface area contributed by atoms with Crippen LogP contribution in [0.5, 0.6) is 0 Å². The van der Waals surface area contributed by atoms with Gasteiger partial charge in [0.25, 0.3) is 11.8 Å². The minimum absolute atomic E-state index is 0.0140. The number of benzene rings is 1. The monoisotopic (exact) mass is 565 g/mol. The van der Waals surface area contributed by atoms with Crippen molar-refractivity contribution in [2.75, 3.05) is 6.54 Å². The largest absolute Gasteiger partial charge is 0.475 e. The zero-order valence-electron chi connectivity index (χ0n) is 22.2. The second-order valence-electron chi connectivity index (χ2n) is 10.3. The van der Waals surface area contributed by atoms with E-state index >= 15 is 0 Å². The SMILES string of the molecule is Cc1nn(C(C)C)c(C(=O)NCC2=NOC(Cc3cccc(Cl)c3)(C(=O)NC(CC(C)C)B(O)O)C2)c1Cl. The summed E-state index contributed by atoms with van der Waals surface area (Å²) in [6.07, 6.45) is 0.545. The van der Waals surface area contributed by atoms with Gasteiger partial charge in [0.05, 0.1) is 28.9 Å². The number of carbonyl (C=O) groups is 2. The minimum Gasteiger partial charge on any atom is -0.426 e. The average molecular weight is 566 g/mol. The maximum Gasteiger partial charge on any atom is 0.475 e. The molecule has 38 heavy (non-hydrogen) atoms. The number of halogens is 2. The van der Waals surface area contributed by atoms with E-state index in [0.29, 0.717) is 22.8 Å². The fraction of sp³-hybridized carbons (Fsp3) is 0.520. The molecular formula is C25H34BCl2N5O5. The summed E-state index contributed by atoms with van der Waals surface area (Å²) in [6.45, 7) is 9.36. The molecule has 2 atom stereocenters. The van der Waals surface area contributed by atoms with Gasteiger partial charge in [0.15, 0.2) is 0 Å². The van der Waals surface area contributed by atoms with E-state index in [1.165, 1.54) is 0 Å². The van der Waals surface area contributed by atoms with Crippen molar-refractivity contribution in [3.05, 3.63) is 51.3 Å².